The molecule has 0 spiro atoms. The summed E-state index contributed by atoms with van der Waals surface area (Å²) in [6, 6.07) is 0. The number of carbonyl (C=O) groups is 2. The number of esters is 2. The van der Waals surface area contributed by atoms with Gasteiger partial charge in [0.2, 0.25) is 0 Å². The highest BCUT2D eigenvalue weighted by atomic mass is 16.5. The molecule has 9 heteroatoms. The van der Waals surface area contributed by atoms with Crippen LogP contribution in [0.4, 0.5) is 0 Å². The molecule has 0 radical (unpaired) electrons. The van der Waals surface area contributed by atoms with E-state index >= 15 is 0 Å². The average molecular weight is 558 g/mol. The molecule has 39 heavy (non-hydrogen) atoms. The molecule has 232 valence electrons. The normalized spacial score (nSPS) is 11.4. The predicted octanol–water partition coefficient (Wildman–Crippen LogP) is 3.23. The van der Waals surface area contributed by atoms with Crippen LogP contribution in [-0.4, -0.2) is 90.6 Å². The Morgan fingerprint density at radius 2 is 0.769 bits per heavy atom. The zero-order chi connectivity index (χ0) is 28.8. The molecule has 0 rings (SSSR count). The zero-order valence-corrected chi connectivity index (χ0v) is 25.8. The first-order chi connectivity index (χ1) is 18.9. The minimum Gasteiger partial charge on any atom is -0.466 e. The van der Waals surface area contributed by atoms with Gasteiger partial charge in [-0.15, -0.1) is 0 Å². The van der Waals surface area contributed by atoms with E-state index in [0.717, 1.165) is 89.9 Å². The third-order valence-corrected chi connectivity index (χ3v) is 6.30. The highest BCUT2D eigenvalue weighted by Gasteiger charge is 2.03. The van der Waals surface area contributed by atoms with E-state index in [-0.39, 0.29) is 11.9 Å². The van der Waals surface area contributed by atoms with Gasteiger partial charge in [0.25, 0.3) is 0 Å². The van der Waals surface area contributed by atoms with Gasteiger partial charge in [0.05, 0.1) is 26.1 Å². The fraction of sp³-hybridized carbons (Fsp3) is 0.933. The third-order valence-electron chi connectivity index (χ3n) is 6.30. The quantitative estimate of drug-likeness (QED) is 0.0671. The lowest BCUT2D eigenvalue weighted by Crippen LogP contribution is -2.36. The van der Waals surface area contributed by atoms with Gasteiger partial charge in [-0.05, 0) is 24.7 Å². The zero-order valence-electron chi connectivity index (χ0n) is 25.8. The molecular weight excluding hydrogens is 494 g/mol. The van der Waals surface area contributed by atoms with E-state index in [2.05, 4.69) is 54.3 Å². The molecule has 5 N–H and O–H groups in total. The lowest BCUT2D eigenvalue weighted by atomic mass is 10.1. The van der Waals surface area contributed by atoms with E-state index in [0.29, 0.717) is 39.1 Å². The Morgan fingerprint density at radius 3 is 1.08 bits per heavy atom. The number of unbranched alkanes of at least 4 members (excludes halogenated alkanes) is 4. The van der Waals surface area contributed by atoms with Crippen molar-refractivity contribution in [2.24, 2.45) is 11.8 Å². The standard InChI is InChI=1S/C30H63N5O4/c1-27(2)11-7-5-9-25-38-29(36)13-15-31-17-19-33-21-23-35-24-22-34-20-18-32-16-14-30(37)39-26-10-6-8-12-28(3)4/h27-28,31-35H,5-26H2,1-4H3. The van der Waals surface area contributed by atoms with E-state index < -0.39 is 0 Å². The van der Waals surface area contributed by atoms with Crippen LogP contribution in [0.1, 0.15) is 91.9 Å². The van der Waals surface area contributed by atoms with Crippen LogP contribution in [0.2, 0.25) is 0 Å². The van der Waals surface area contributed by atoms with Crippen LogP contribution in [0.5, 0.6) is 0 Å². The highest BCUT2D eigenvalue weighted by molar-refractivity contribution is 5.69. The van der Waals surface area contributed by atoms with Crippen LogP contribution >= 0.6 is 0 Å². The van der Waals surface area contributed by atoms with Gasteiger partial charge in [0.15, 0.2) is 0 Å². The van der Waals surface area contributed by atoms with E-state index in [1.54, 1.807) is 0 Å². The van der Waals surface area contributed by atoms with Crippen molar-refractivity contribution in [1.82, 2.24) is 26.6 Å². The summed E-state index contributed by atoms with van der Waals surface area (Å²) in [4.78, 5) is 23.4. The minimum absolute atomic E-state index is 0.105. The maximum Gasteiger partial charge on any atom is 0.307 e. The first-order valence-electron chi connectivity index (χ1n) is 15.8. The molecule has 9 nitrogen and oxygen atoms in total. The van der Waals surface area contributed by atoms with Crippen molar-refractivity contribution >= 4 is 11.9 Å². The highest BCUT2D eigenvalue weighted by Crippen LogP contribution is 2.08. The maximum absolute atomic E-state index is 11.7. The van der Waals surface area contributed by atoms with E-state index in [1.165, 1.54) is 25.7 Å². The van der Waals surface area contributed by atoms with Crippen molar-refractivity contribution < 1.29 is 19.1 Å². The van der Waals surface area contributed by atoms with Gasteiger partial charge in [-0.1, -0.05) is 66.2 Å². The molecule has 0 saturated heterocycles. The lowest BCUT2D eigenvalue weighted by Gasteiger charge is -2.09. The van der Waals surface area contributed by atoms with Crippen molar-refractivity contribution in [3.8, 4) is 0 Å². The molecule has 0 aromatic rings. The predicted molar refractivity (Wildman–Crippen MR) is 162 cm³/mol. The Kier molecular flexibility index (Phi) is 28.8. The molecule has 0 amide bonds. The second kappa shape index (κ2) is 29.7. The Labute approximate surface area is 240 Å². The van der Waals surface area contributed by atoms with Gasteiger partial charge in [0.1, 0.15) is 0 Å². The summed E-state index contributed by atoms with van der Waals surface area (Å²) >= 11 is 0. The van der Waals surface area contributed by atoms with Crippen LogP contribution in [-0.2, 0) is 19.1 Å². The van der Waals surface area contributed by atoms with Crippen molar-refractivity contribution in [3.05, 3.63) is 0 Å². The van der Waals surface area contributed by atoms with Gasteiger partial charge < -0.3 is 36.1 Å². The summed E-state index contributed by atoms with van der Waals surface area (Å²) < 4.78 is 10.6. The maximum atomic E-state index is 11.7. The summed E-state index contributed by atoms with van der Waals surface area (Å²) in [6.07, 6.45) is 10.0. The number of hydrogen-bond acceptors (Lipinski definition) is 9. The molecular formula is C30H63N5O4. The summed E-state index contributed by atoms with van der Waals surface area (Å²) in [5.41, 5.74) is 0. The molecule has 0 aromatic heterocycles. The molecule has 0 fully saturated rings. The average Bonchev–Trinajstić information content (AvgIpc) is 2.89. The Morgan fingerprint density at radius 1 is 0.462 bits per heavy atom. The van der Waals surface area contributed by atoms with Gasteiger partial charge in [-0.3, -0.25) is 9.59 Å². The molecule has 0 aromatic carbocycles. The SMILES string of the molecule is CC(C)CCCCCOC(=O)CCNCCNCCNCCNCCNCCC(=O)OCCCCCC(C)C. The number of nitrogens with one attached hydrogen (secondary N) is 5. The van der Waals surface area contributed by atoms with E-state index in [9.17, 15) is 9.59 Å². The number of carbonyl (C=O) groups excluding carboxylic acids is 2. The molecule has 0 atom stereocenters. The largest absolute Gasteiger partial charge is 0.466 e. The van der Waals surface area contributed by atoms with E-state index in [4.69, 9.17) is 9.47 Å². The summed E-state index contributed by atoms with van der Waals surface area (Å²) in [5.74, 6) is 1.29. The summed E-state index contributed by atoms with van der Waals surface area (Å²) in [5, 5.41) is 16.7. The smallest absolute Gasteiger partial charge is 0.307 e. The van der Waals surface area contributed by atoms with E-state index in [1.807, 2.05) is 0 Å². The first kappa shape index (κ1) is 37.7. The van der Waals surface area contributed by atoms with Crippen molar-refractivity contribution in [3.63, 3.8) is 0 Å². The Bertz CT molecular complexity index is 503. The van der Waals surface area contributed by atoms with Gasteiger partial charge in [0, 0.05) is 65.4 Å². The van der Waals surface area contributed by atoms with Crippen LogP contribution in [0.25, 0.3) is 0 Å². The Hall–Kier alpha value is -1.26. The van der Waals surface area contributed by atoms with Crippen LogP contribution in [0.15, 0.2) is 0 Å². The first-order valence-corrected chi connectivity index (χ1v) is 15.8. The molecule has 0 aliphatic carbocycles. The second-order valence-corrected chi connectivity index (χ2v) is 11.2. The fourth-order valence-corrected chi connectivity index (χ4v) is 3.89. The van der Waals surface area contributed by atoms with Gasteiger partial charge in [-0.2, -0.15) is 0 Å². The van der Waals surface area contributed by atoms with Gasteiger partial charge >= 0.3 is 11.9 Å². The van der Waals surface area contributed by atoms with Crippen LogP contribution < -0.4 is 26.6 Å². The number of ether oxygens (including phenoxy) is 2. The Balaban J connectivity index is 3.20. The van der Waals surface area contributed by atoms with Crippen LogP contribution in [0.3, 0.4) is 0 Å². The van der Waals surface area contributed by atoms with Gasteiger partial charge in [-0.25, -0.2) is 0 Å². The van der Waals surface area contributed by atoms with Crippen molar-refractivity contribution in [2.45, 2.75) is 91.9 Å². The summed E-state index contributed by atoms with van der Waals surface area (Å²) in [7, 11) is 0. The topological polar surface area (TPSA) is 113 Å². The third kappa shape index (κ3) is 32.8. The molecule has 0 heterocycles. The fourth-order valence-electron chi connectivity index (χ4n) is 3.89. The molecule has 0 aliphatic heterocycles. The monoisotopic (exact) mass is 557 g/mol. The second-order valence-electron chi connectivity index (χ2n) is 11.2. The van der Waals surface area contributed by atoms with Crippen LogP contribution in [0, 0.1) is 11.8 Å². The number of rotatable bonds is 30. The molecule has 0 aliphatic rings. The van der Waals surface area contributed by atoms with Crippen molar-refractivity contribution in [1.29, 1.82) is 0 Å². The minimum atomic E-state index is -0.105. The lowest BCUT2D eigenvalue weighted by molar-refractivity contribution is -0.144. The number of hydrogen-bond donors (Lipinski definition) is 5. The summed E-state index contributed by atoms with van der Waals surface area (Å²) in [6.45, 7) is 18.5. The molecule has 0 saturated carbocycles. The molecule has 0 unspecified atom stereocenters. The van der Waals surface area contributed by atoms with Crippen molar-refractivity contribution in [2.75, 3.05) is 78.7 Å². The molecule has 0 bridgehead atoms.